The third-order valence-electron chi connectivity index (χ3n) is 2.81. The first-order valence-electron chi connectivity index (χ1n) is 6.38. The molecule has 2 nitrogen and oxygen atoms in total. The smallest absolute Gasteiger partial charge is 0.0458 e. The topological polar surface area (TPSA) is 38.0 Å². The summed E-state index contributed by atoms with van der Waals surface area (Å²) in [5.74, 6) is 0. The average Bonchev–Trinajstić information content (AvgIpc) is 2.16. The summed E-state index contributed by atoms with van der Waals surface area (Å²) in [4.78, 5) is 0. The van der Waals surface area contributed by atoms with Crippen LogP contribution in [0.25, 0.3) is 0 Å². The fourth-order valence-corrected chi connectivity index (χ4v) is 2.84. The summed E-state index contributed by atoms with van der Waals surface area (Å²) in [6.45, 7) is 12.2. The molecule has 0 saturated carbocycles. The molecule has 0 bridgehead atoms. The minimum Gasteiger partial charge on any atom is -0.398 e. The fraction of sp³-hybridized carbons (Fsp3) is 0.600. The Morgan fingerprint density at radius 2 is 1.78 bits per heavy atom. The van der Waals surface area contributed by atoms with Crippen LogP contribution in [0, 0.1) is 5.41 Å². The largest absolute Gasteiger partial charge is 0.398 e. The summed E-state index contributed by atoms with van der Waals surface area (Å²) < 4.78 is 0.968. The molecule has 0 saturated heterocycles. The number of benzene rings is 1. The molecule has 3 N–H and O–H groups in total. The number of hydrogen-bond acceptors (Lipinski definition) is 2. The molecular formula is C15H25BrN2. The van der Waals surface area contributed by atoms with Crippen LogP contribution < -0.4 is 11.1 Å². The van der Waals surface area contributed by atoms with E-state index in [4.69, 9.17) is 5.73 Å². The highest BCUT2D eigenvalue weighted by Crippen LogP contribution is 2.27. The molecule has 0 atom stereocenters. The minimum absolute atomic E-state index is 0.131. The third kappa shape index (κ3) is 5.40. The monoisotopic (exact) mass is 312 g/mol. The van der Waals surface area contributed by atoms with Crippen LogP contribution in [0.3, 0.4) is 0 Å². The van der Waals surface area contributed by atoms with Gasteiger partial charge in [0.1, 0.15) is 0 Å². The number of anilines is 1. The predicted molar refractivity (Wildman–Crippen MR) is 83.5 cm³/mol. The molecule has 3 heteroatoms. The summed E-state index contributed by atoms with van der Waals surface area (Å²) in [6, 6.07) is 6.09. The van der Waals surface area contributed by atoms with Gasteiger partial charge in [0.2, 0.25) is 0 Å². The van der Waals surface area contributed by atoms with Crippen LogP contribution in [0.1, 0.15) is 46.6 Å². The molecule has 102 valence electrons. The van der Waals surface area contributed by atoms with E-state index in [0.717, 1.165) is 23.1 Å². The third-order valence-corrected chi connectivity index (χ3v) is 3.49. The van der Waals surface area contributed by atoms with E-state index in [9.17, 15) is 0 Å². The number of nitrogen functional groups attached to an aromatic ring is 1. The van der Waals surface area contributed by atoms with E-state index in [1.165, 1.54) is 5.56 Å². The van der Waals surface area contributed by atoms with Gasteiger partial charge >= 0.3 is 0 Å². The highest BCUT2D eigenvalue weighted by molar-refractivity contribution is 9.10. The van der Waals surface area contributed by atoms with Gasteiger partial charge < -0.3 is 11.1 Å². The SMILES string of the molecule is CC(C)(C)CC(C)(C)NCc1ccc(N)c(Br)c1. The number of halogens is 1. The second kappa shape index (κ2) is 5.62. The standard InChI is InChI=1S/C15H25BrN2/c1-14(2,3)10-15(4,5)18-9-11-6-7-13(17)12(16)8-11/h6-8,18H,9-10,17H2,1-5H3. The first kappa shape index (κ1) is 15.5. The van der Waals surface area contributed by atoms with Gasteiger partial charge in [-0.25, -0.2) is 0 Å². The van der Waals surface area contributed by atoms with Crippen LogP contribution in [0.5, 0.6) is 0 Å². The van der Waals surface area contributed by atoms with Crippen molar-refractivity contribution in [3.8, 4) is 0 Å². The Morgan fingerprint density at radius 1 is 1.17 bits per heavy atom. The van der Waals surface area contributed by atoms with Gasteiger partial charge in [0.05, 0.1) is 0 Å². The van der Waals surface area contributed by atoms with Gasteiger partial charge in [-0.15, -0.1) is 0 Å². The van der Waals surface area contributed by atoms with Gasteiger partial charge in [0.15, 0.2) is 0 Å². The average molecular weight is 313 g/mol. The fourth-order valence-electron chi connectivity index (χ4n) is 2.41. The molecule has 1 aromatic carbocycles. The Hall–Kier alpha value is -0.540. The van der Waals surface area contributed by atoms with E-state index in [-0.39, 0.29) is 5.54 Å². The Kier molecular flexibility index (Phi) is 4.84. The highest BCUT2D eigenvalue weighted by Gasteiger charge is 2.24. The van der Waals surface area contributed by atoms with Gasteiger partial charge in [-0.2, -0.15) is 0 Å². The van der Waals surface area contributed by atoms with Crippen LogP contribution >= 0.6 is 15.9 Å². The predicted octanol–water partition coefficient (Wildman–Crippen LogP) is 4.34. The van der Waals surface area contributed by atoms with Crippen molar-refractivity contribution < 1.29 is 0 Å². The van der Waals surface area contributed by atoms with Crippen molar-refractivity contribution in [1.82, 2.24) is 5.32 Å². The van der Waals surface area contributed by atoms with Gasteiger partial charge in [0.25, 0.3) is 0 Å². The lowest BCUT2D eigenvalue weighted by atomic mass is 9.82. The minimum atomic E-state index is 0.131. The van der Waals surface area contributed by atoms with Crippen LogP contribution in [0.4, 0.5) is 5.69 Å². The zero-order valence-electron chi connectivity index (χ0n) is 12.1. The molecular weight excluding hydrogens is 288 g/mol. The molecule has 1 aromatic rings. The van der Waals surface area contributed by atoms with Crippen LogP contribution in [0.2, 0.25) is 0 Å². The molecule has 0 spiro atoms. The molecule has 0 fully saturated rings. The molecule has 18 heavy (non-hydrogen) atoms. The van der Waals surface area contributed by atoms with E-state index in [2.05, 4.69) is 68.0 Å². The summed E-state index contributed by atoms with van der Waals surface area (Å²) in [7, 11) is 0. The van der Waals surface area contributed by atoms with Crippen LogP contribution in [0.15, 0.2) is 22.7 Å². The Labute approximate surface area is 119 Å². The Morgan fingerprint density at radius 3 is 2.28 bits per heavy atom. The number of nitrogens with two attached hydrogens (primary N) is 1. The van der Waals surface area contributed by atoms with Crippen molar-refractivity contribution in [1.29, 1.82) is 0 Å². The highest BCUT2D eigenvalue weighted by atomic mass is 79.9. The van der Waals surface area contributed by atoms with E-state index in [0.29, 0.717) is 5.41 Å². The Bertz CT molecular complexity index is 405. The second-order valence-electron chi connectivity index (χ2n) is 6.83. The maximum Gasteiger partial charge on any atom is 0.0458 e. The molecule has 0 amide bonds. The van der Waals surface area contributed by atoms with Gasteiger partial charge in [-0.3, -0.25) is 0 Å². The molecule has 0 unspecified atom stereocenters. The van der Waals surface area contributed by atoms with Gasteiger partial charge in [-0.1, -0.05) is 26.8 Å². The number of nitrogens with one attached hydrogen (secondary N) is 1. The van der Waals surface area contributed by atoms with Gasteiger partial charge in [0, 0.05) is 22.2 Å². The first-order valence-corrected chi connectivity index (χ1v) is 7.17. The summed E-state index contributed by atoms with van der Waals surface area (Å²) in [6.07, 6.45) is 1.14. The first-order chi connectivity index (χ1) is 8.09. The van der Waals surface area contributed by atoms with E-state index in [1.807, 2.05) is 6.07 Å². The van der Waals surface area contributed by atoms with Crippen molar-refractivity contribution in [2.24, 2.45) is 5.41 Å². The summed E-state index contributed by atoms with van der Waals surface area (Å²) >= 11 is 3.46. The van der Waals surface area contributed by atoms with E-state index >= 15 is 0 Å². The second-order valence-corrected chi connectivity index (χ2v) is 7.69. The maximum absolute atomic E-state index is 5.79. The molecule has 0 aliphatic rings. The number of rotatable bonds is 4. The summed E-state index contributed by atoms with van der Waals surface area (Å²) in [5.41, 5.74) is 8.28. The summed E-state index contributed by atoms with van der Waals surface area (Å²) in [5, 5.41) is 3.62. The molecule has 1 rings (SSSR count). The quantitative estimate of drug-likeness (QED) is 0.812. The van der Waals surface area contributed by atoms with E-state index < -0.39 is 0 Å². The van der Waals surface area contributed by atoms with E-state index in [1.54, 1.807) is 0 Å². The normalized spacial score (nSPS) is 12.8. The van der Waals surface area contributed by atoms with Crippen LogP contribution in [-0.4, -0.2) is 5.54 Å². The molecule has 0 heterocycles. The number of hydrogen-bond donors (Lipinski definition) is 2. The van der Waals surface area contributed by atoms with Crippen molar-refractivity contribution in [2.75, 3.05) is 5.73 Å². The lowest BCUT2D eigenvalue weighted by molar-refractivity contribution is 0.241. The maximum atomic E-state index is 5.79. The van der Waals surface area contributed by atoms with Crippen LogP contribution in [-0.2, 0) is 6.54 Å². The molecule has 0 radical (unpaired) electrons. The Balaban J connectivity index is 2.61. The van der Waals surface area contributed by atoms with Gasteiger partial charge in [-0.05, 0) is 59.3 Å². The van der Waals surface area contributed by atoms with Crippen molar-refractivity contribution in [3.05, 3.63) is 28.2 Å². The lowest BCUT2D eigenvalue weighted by Crippen LogP contribution is -2.41. The van der Waals surface area contributed by atoms with Crippen molar-refractivity contribution >= 4 is 21.6 Å². The zero-order valence-corrected chi connectivity index (χ0v) is 13.7. The molecule has 0 aliphatic heterocycles. The van der Waals surface area contributed by atoms with Crippen molar-refractivity contribution in [2.45, 2.75) is 53.1 Å². The lowest BCUT2D eigenvalue weighted by Gasteiger charge is -2.33. The zero-order chi connectivity index (χ0) is 14.0. The van der Waals surface area contributed by atoms with Crippen molar-refractivity contribution in [3.63, 3.8) is 0 Å². The molecule has 0 aliphatic carbocycles. The molecule has 0 aromatic heterocycles.